The predicted molar refractivity (Wildman–Crippen MR) is 241 cm³/mol. The van der Waals surface area contributed by atoms with E-state index < -0.39 is 47.7 Å². The topological polar surface area (TPSA) is 309 Å². The Morgan fingerprint density at radius 1 is 0.635 bits per heavy atom. The van der Waals surface area contributed by atoms with Gasteiger partial charge in [-0.1, -0.05) is 21.3 Å². The van der Waals surface area contributed by atoms with Crippen LogP contribution in [0.5, 0.6) is 0 Å². The first kappa shape index (κ1) is 58.9. The van der Waals surface area contributed by atoms with Crippen molar-refractivity contribution >= 4 is 94.5 Å². The van der Waals surface area contributed by atoms with Crippen molar-refractivity contribution in [1.29, 1.82) is 0 Å². The molecule has 0 aliphatic carbocycles. The smallest absolute Gasteiger partial charge is 0.342 e. The van der Waals surface area contributed by atoms with Crippen LogP contribution in [0.15, 0.2) is 0 Å². The summed E-state index contributed by atoms with van der Waals surface area (Å²) >= 11 is 4.03. The Morgan fingerprint density at radius 3 is 1.48 bits per heavy atom. The molecule has 0 saturated carbocycles. The number of thioether (sulfide) groups is 3. The molecule has 4 fully saturated rings. The standard InChI is InChI=1S/C19H30N4O6S2.C12H16N2O5S.C6H14N2O2.2CH4/c24-15(12-30-9-7-22-5-1-3-17(22)26)20-11-14(19(28)29)21-16(25)13-31-10-8-23-6-2-4-18(23)27;15-9-2-1-5-13(9)6-7-20-8-12(18)19-14-10(16)3-4-11(14)17;7-4-2-1-3-5(8)6(9)10;;/h14H,1-13H2,(H,20,24)(H,21,25)(H,28,29);1-8H2;5H,1-4,7-8H2,(H,9,10);2*1H4. The third kappa shape index (κ3) is 24.5. The van der Waals surface area contributed by atoms with E-state index in [0.29, 0.717) is 74.2 Å². The van der Waals surface area contributed by atoms with Crippen LogP contribution in [0.3, 0.4) is 0 Å². The number of likely N-dealkylation sites (tertiary alicyclic amines) is 3. The van der Waals surface area contributed by atoms with E-state index in [-0.39, 0.29) is 75.1 Å². The second-order valence-electron chi connectivity index (χ2n) is 14.1. The van der Waals surface area contributed by atoms with Crippen molar-refractivity contribution in [1.82, 2.24) is 30.4 Å². The molecule has 360 valence electrons. The van der Waals surface area contributed by atoms with Gasteiger partial charge >= 0.3 is 17.9 Å². The number of carboxylic acid groups (broad SMARTS) is 2. The molecule has 2 unspecified atom stereocenters. The molecule has 0 aromatic carbocycles. The van der Waals surface area contributed by atoms with Gasteiger partial charge in [-0.2, -0.15) is 23.5 Å². The molecule has 0 radical (unpaired) electrons. The third-order valence-corrected chi connectivity index (χ3v) is 12.1. The molecule has 0 bridgehead atoms. The third-order valence-electron chi connectivity index (χ3n) is 9.34. The van der Waals surface area contributed by atoms with Crippen molar-refractivity contribution in [2.75, 3.05) is 86.9 Å². The molecule has 0 aromatic rings. The minimum absolute atomic E-state index is 0. The van der Waals surface area contributed by atoms with Gasteiger partial charge in [-0.15, -0.1) is 16.8 Å². The zero-order chi connectivity index (χ0) is 45.2. The number of hydrogen-bond donors (Lipinski definition) is 6. The average Bonchev–Trinajstić information content (AvgIpc) is 4.02. The van der Waals surface area contributed by atoms with Gasteiger partial charge in [0.25, 0.3) is 11.8 Å². The number of imide groups is 1. The molecule has 24 heteroatoms. The molecule has 0 spiro atoms. The van der Waals surface area contributed by atoms with Crippen LogP contribution in [0.4, 0.5) is 0 Å². The van der Waals surface area contributed by atoms with E-state index in [9.17, 15) is 53.1 Å². The van der Waals surface area contributed by atoms with E-state index in [0.717, 1.165) is 51.7 Å². The van der Waals surface area contributed by atoms with Crippen LogP contribution in [-0.4, -0.2) is 188 Å². The summed E-state index contributed by atoms with van der Waals surface area (Å²) in [5, 5.41) is 23.1. The first-order valence-corrected chi connectivity index (χ1v) is 23.7. The minimum atomic E-state index is -1.22. The fraction of sp³-hybridized carbons (Fsp3) is 0.744. The van der Waals surface area contributed by atoms with Gasteiger partial charge < -0.3 is 51.9 Å². The number of carboxylic acids is 2. The fourth-order valence-corrected chi connectivity index (χ4v) is 8.21. The van der Waals surface area contributed by atoms with Crippen LogP contribution < -0.4 is 22.1 Å². The molecule has 4 heterocycles. The molecule has 8 N–H and O–H groups in total. The average molecular weight is 953 g/mol. The molecule has 4 aliphatic heterocycles. The summed E-state index contributed by atoms with van der Waals surface area (Å²) in [4.78, 5) is 124. The highest BCUT2D eigenvalue weighted by molar-refractivity contribution is 8.00. The lowest BCUT2D eigenvalue weighted by molar-refractivity contribution is -0.195. The van der Waals surface area contributed by atoms with Crippen LogP contribution in [0, 0.1) is 0 Å². The van der Waals surface area contributed by atoms with E-state index in [1.807, 2.05) is 0 Å². The number of amides is 7. The van der Waals surface area contributed by atoms with Crippen molar-refractivity contribution in [3.63, 3.8) is 0 Å². The highest BCUT2D eigenvalue weighted by Gasteiger charge is 2.33. The zero-order valence-corrected chi connectivity index (χ0v) is 36.8. The van der Waals surface area contributed by atoms with Crippen molar-refractivity contribution in [2.45, 2.75) is 97.6 Å². The maximum absolute atomic E-state index is 12.0. The number of hydrogen-bond acceptors (Lipinski definition) is 16. The molecule has 4 aliphatic rings. The van der Waals surface area contributed by atoms with Crippen LogP contribution in [0.1, 0.15) is 85.5 Å². The second-order valence-corrected chi connectivity index (χ2v) is 17.5. The lowest BCUT2D eigenvalue weighted by Gasteiger charge is -2.17. The Hall–Kier alpha value is -4.13. The van der Waals surface area contributed by atoms with Gasteiger partial charge in [-0.25, -0.2) is 9.59 Å². The van der Waals surface area contributed by atoms with Gasteiger partial charge in [0.15, 0.2) is 0 Å². The lowest BCUT2D eigenvalue weighted by atomic mass is 10.1. The summed E-state index contributed by atoms with van der Waals surface area (Å²) in [6.45, 7) is 4.50. The van der Waals surface area contributed by atoms with Crippen molar-refractivity contribution < 1.29 is 63.0 Å². The predicted octanol–water partition coefficient (Wildman–Crippen LogP) is 0.132. The molecular weight excluding hydrogens is 885 g/mol. The molecule has 63 heavy (non-hydrogen) atoms. The van der Waals surface area contributed by atoms with E-state index in [2.05, 4.69) is 10.6 Å². The summed E-state index contributed by atoms with van der Waals surface area (Å²) in [6, 6.07) is -1.92. The second kappa shape index (κ2) is 33.4. The van der Waals surface area contributed by atoms with Gasteiger partial charge in [0.2, 0.25) is 29.5 Å². The van der Waals surface area contributed by atoms with Crippen LogP contribution in [0.25, 0.3) is 0 Å². The Kier molecular flexibility index (Phi) is 31.2. The van der Waals surface area contributed by atoms with Crippen LogP contribution >= 0.6 is 35.3 Å². The summed E-state index contributed by atoms with van der Waals surface area (Å²) in [5.74, 6) is -1.86. The molecule has 7 amide bonds. The first-order valence-electron chi connectivity index (χ1n) is 20.2. The quantitative estimate of drug-likeness (QED) is 0.0523. The first-order chi connectivity index (χ1) is 29.1. The monoisotopic (exact) mass is 952 g/mol. The summed E-state index contributed by atoms with van der Waals surface area (Å²) in [7, 11) is 0. The number of carbonyl (C=O) groups is 10. The van der Waals surface area contributed by atoms with E-state index in [4.69, 9.17) is 21.4 Å². The van der Waals surface area contributed by atoms with Gasteiger partial charge in [0, 0.05) is 95.2 Å². The van der Waals surface area contributed by atoms with Crippen molar-refractivity contribution in [3.05, 3.63) is 0 Å². The summed E-state index contributed by atoms with van der Waals surface area (Å²) in [6.07, 6.45) is 6.76. The number of unbranched alkanes of at least 4 members (excludes halogenated alkanes) is 1. The normalized spacial score (nSPS) is 16.6. The number of aliphatic carboxylic acids is 2. The molecular formula is C39H68N8O13S3. The number of carbonyl (C=O) groups excluding carboxylic acids is 8. The van der Waals surface area contributed by atoms with E-state index in [1.54, 1.807) is 14.7 Å². The number of nitrogens with zero attached hydrogens (tertiary/aromatic N) is 4. The highest BCUT2D eigenvalue weighted by Crippen LogP contribution is 2.15. The molecule has 4 rings (SSSR count). The fourth-order valence-electron chi connectivity index (χ4n) is 5.95. The van der Waals surface area contributed by atoms with Gasteiger partial charge in [-0.3, -0.25) is 38.4 Å². The van der Waals surface area contributed by atoms with Gasteiger partial charge in [0.1, 0.15) is 12.1 Å². The molecule has 21 nitrogen and oxygen atoms in total. The van der Waals surface area contributed by atoms with Gasteiger partial charge in [0.05, 0.1) is 17.3 Å². The number of nitrogens with one attached hydrogen (secondary N) is 2. The Balaban J connectivity index is 0.00000103. The Labute approximate surface area is 382 Å². The van der Waals surface area contributed by atoms with E-state index in [1.165, 1.54) is 35.3 Å². The summed E-state index contributed by atoms with van der Waals surface area (Å²) in [5.41, 5.74) is 10.4. The molecule has 0 aromatic heterocycles. The Morgan fingerprint density at radius 2 is 1.08 bits per heavy atom. The maximum atomic E-state index is 12.0. The molecule has 4 saturated heterocycles. The van der Waals surface area contributed by atoms with Gasteiger partial charge in [-0.05, 0) is 38.6 Å². The SMILES string of the molecule is C.C.NCCCCC(N)C(=O)O.O=C(CSCCN1CCCC1=O)NCC(NC(=O)CSCCN1CCCC1=O)C(=O)O.O=C(CSCCN1CCCC1=O)ON1C(=O)CCC1=O. The lowest BCUT2D eigenvalue weighted by Crippen LogP contribution is -2.49. The highest BCUT2D eigenvalue weighted by atomic mass is 32.2. The molecule has 2 atom stereocenters. The largest absolute Gasteiger partial charge is 0.480 e. The van der Waals surface area contributed by atoms with Crippen LogP contribution in [0.2, 0.25) is 0 Å². The zero-order valence-electron chi connectivity index (χ0n) is 34.4. The van der Waals surface area contributed by atoms with E-state index >= 15 is 0 Å². The number of rotatable bonds is 25. The van der Waals surface area contributed by atoms with Crippen molar-refractivity contribution in [3.8, 4) is 0 Å². The van der Waals surface area contributed by atoms with Crippen LogP contribution in [-0.2, 0) is 52.8 Å². The summed E-state index contributed by atoms with van der Waals surface area (Å²) < 4.78 is 0. The number of nitrogens with two attached hydrogens (primary N) is 2. The Bertz CT molecular complexity index is 1510. The van der Waals surface area contributed by atoms with Crippen molar-refractivity contribution in [2.24, 2.45) is 11.5 Å². The number of hydroxylamine groups is 2. The minimum Gasteiger partial charge on any atom is -0.480 e. The maximum Gasteiger partial charge on any atom is 0.342 e.